The number of hydrogen-bond donors (Lipinski definition) is 1. The van der Waals surface area contributed by atoms with Crippen molar-refractivity contribution in [2.24, 2.45) is 5.73 Å². The van der Waals surface area contributed by atoms with E-state index in [0.717, 1.165) is 19.4 Å². The second-order valence-corrected chi connectivity index (χ2v) is 6.01. The fraction of sp³-hybridized carbons (Fsp3) is 0.368. The molecule has 2 aromatic rings. The first-order valence-corrected chi connectivity index (χ1v) is 7.67. The van der Waals surface area contributed by atoms with Crippen LogP contribution in [0.5, 0.6) is 0 Å². The molecule has 1 heterocycles. The highest BCUT2D eigenvalue weighted by molar-refractivity contribution is 5.35. The zero-order valence-corrected chi connectivity index (χ0v) is 12.8. The van der Waals surface area contributed by atoms with Gasteiger partial charge in [-0.2, -0.15) is 0 Å². The highest BCUT2D eigenvalue weighted by Gasteiger charge is 2.23. The highest BCUT2D eigenvalue weighted by atomic mass is 16.5. The zero-order chi connectivity index (χ0) is 14.8. The van der Waals surface area contributed by atoms with Crippen LogP contribution in [0.1, 0.15) is 46.4 Å². The maximum Gasteiger partial charge on any atom is 0.0845 e. The molecule has 1 aliphatic heterocycles. The molecule has 2 unspecified atom stereocenters. The Bertz CT molecular complexity index is 635. The third-order valence-corrected chi connectivity index (χ3v) is 4.39. The van der Waals surface area contributed by atoms with E-state index in [4.69, 9.17) is 10.5 Å². The number of ether oxygens (including phenoxy) is 1. The zero-order valence-electron chi connectivity index (χ0n) is 12.8. The summed E-state index contributed by atoms with van der Waals surface area (Å²) < 4.78 is 5.99. The Hall–Kier alpha value is -1.64. The largest absolute Gasteiger partial charge is 0.373 e. The van der Waals surface area contributed by atoms with Crippen molar-refractivity contribution < 1.29 is 4.74 Å². The summed E-state index contributed by atoms with van der Waals surface area (Å²) in [7, 11) is 0. The second-order valence-electron chi connectivity index (χ2n) is 6.01. The van der Waals surface area contributed by atoms with Gasteiger partial charge in [-0.3, -0.25) is 0 Å². The van der Waals surface area contributed by atoms with E-state index in [2.05, 4.69) is 56.3 Å². The van der Waals surface area contributed by atoms with Crippen molar-refractivity contribution in [2.45, 2.75) is 38.8 Å². The molecule has 2 atom stereocenters. The Kier molecular flexibility index (Phi) is 4.09. The van der Waals surface area contributed by atoms with E-state index in [1.807, 2.05) is 0 Å². The number of hydrogen-bond acceptors (Lipinski definition) is 2. The fourth-order valence-corrected chi connectivity index (χ4v) is 3.19. The minimum Gasteiger partial charge on any atom is -0.373 e. The Morgan fingerprint density at radius 2 is 2.00 bits per heavy atom. The predicted octanol–water partition coefficient (Wildman–Crippen LogP) is 4.01. The molecule has 0 amide bonds. The van der Waals surface area contributed by atoms with E-state index in [-0.39, 0.29) is 12.1 Å². The third-order valence-electron chi connectivity index (χ3n) is 4.39. The van der Waals surface area contributed by atoms with Gasteiger partial charge in [0.25, 0.3) is 0 Å². The van der Waals surface area contributed by atoms with Gasteiger partial charge in [0.05, 0.1) is 12.7 Å². The lowest BCUT2D eigenvalue weighted by Crippen LogP contribution is -2.22. The van der Waals surface area contributed by atoms with E-state index in [0.29, 0.717) is 0 Å². The Balaban J connectivity index is 1.82. The predicted molar refractivity (Wildman–Crippen MR) is 86.3 cm³/mol. The average Bonchev–Trinajstić information content (AvgIpc) is 2.50. The molecule has 2 heteroatoms. The molecular formula is C19H23NO. The summed E-state index contributed by atoms with van der Waals surface area (Å²) in [6.07, 6.45) is 1.96. The lowest BCUT2D eigenvalue weighted by atomic mass is 9.90. The molecule has 21 heavy (non-hydrogen) atoms. The lowest BCUT2D eigenvalue weighted by Gasteiger charge is -2.28. The lowest BCUT2D eigenvalue weighted by molar-refractivity contribution is 0.0319. The monoisotopic (exact) mass is 281 g/mol. The van der Waals surface area contributed by atoms with Crippen LogP contribution in [-0.2, 0) is 11.2 Å². The van der Waals surface area contributed by atoms with Gasteiger partial charge in [0.2, 0.25) is 0 Å². The molecule has 0 aliphatic carbocycles. The molecule has 1 aliphatic rings. The molecule has 0 fully saturated rings. The maximum absolute atomic E-state index is 6.47. The van der Waals surface area contributed by atoms with Crippen LogP contribution in [0, 0.1) is 13.8 Å². The van der Waals surface area contributed by atoms with Crippen LogP contribution in [0.15, 0.2) is 42.5 Å². The molecule has 0 radical (unpaired) electrons. The first-order valence-electron chi connectivity index (χ1n) is 7.67. The number of benzene rings is 2. The van der Waals surface area contributed by atoms with Crippen molar-refractivity contribution in [3.8, 4) is 0 Å². The summed E-state index contributed by atoms with van der Waals surface area (Å²) in [5.41, 5.74) is 12.9. The standard InChI is InChI=1S/C19H23NO/c1-13-7-8-14(2)17(11-13)18(20)12-19-16-6-4-3-5-15(16)9-10-21-19/h3-8,11,18-19H,9-10,12,20H2,1-2H3. The van der Waals surface area contributed by atoms with Gasteiger partial charge in [0.15, 0.2) is 0 Å². The van der Waals surface area contributed by atoms with E-state index >= 15 is 0 Å². The molecule has 0 bridgehead atoms. The molecule has 0 spiro atoms. The van der Waals surface area contributed by atoms with Crippen molar-refractivity contribution in [3.63, 3.8) is 0 Å². The van der Waals surface area contributed by atoms with Crippen LogP contribution in [0.4, 0.5) is 0 Å². The smallest absolute Gasteiger partial charge is 0.0845 e. The van der Waals surface area contributed by atoms with Crippen LogP contribution in [0.25, 0.3) is 0 Å². The molecule has 2 N–H and O–H groups in total. The first-order chi connectivity index (χ1) is 10.1. The minimum absolute atomic E-state index is 0.0149. The molecule has 0 aromatic heterocycles. The van der Waals surface area contributed by atoms with E-state index < -0.39 is 0 Å². The SMILES string of the molecule is Cc1ccc(C)c(C(N)CC2OCCc3ccccc32)c1. The van der Waals surface area contributed by atoms with E-state index in [1.165, 1.54) is 27.8 Å². The summed E-state index contributed by atoms with van der Waals surface area (Å²) in [5.74, 6) is 0. The molecule has 110 valence electrons. The van der Waals surface area contributed by atoms with Gasteiger partial charge in [0.1, 0.15) is 0 Å². The summed E-state index contributed by atoms with van der Waals surface area (Å²) in [4.78, 5) is 0. The van der Waals surface area contributed by atoms with Gasteiger partial charge < -0.3 is 10.5 Å². The summed E-state index contributed by atoms with van der Waals surface area (Å²) in [6, 6.07) is 15.1. The van der Waals surface area contributed by atoms with Crippen LogP contribution in [0.3, 0.4) is 0 Å². The fourth-order valence-electron chi connectivity index (χ4n) is 3.19. The minimum atomic E-state index is 0.0149. The number of aryl methyl sites for hydroxylation is 2. The van der Waals surface area contributed by atoms with Gasteiger partial charge in [-0.05, 0) is 48.9 Å². The van der Waals surface area contributed by atoms with Gasteiger partial charge in [-0.15, -0.1) is 0 Å². The van der Waals surface area contributed by atoms with Gasteiger partial charge >= 0.3 is 0 Å². The van der Waals surface area contributed by atoms with Crippen molar-refractivity contribution in [1.29, 1.82) is 0 Å². The molecule has 2 aromatic carbocycles. The second kappa shape index (κ2) is 6.00. The van der Waals surface area contributed by atoms with Crippen LogP contribution in [0.2, 0.25) is 0 Å². The Labute approximate surface area is 126 Å². The molecular weight excluding hydrogens is 258 g/mol. The van der Waals surface area contributed by atoms with Crippen LogP contribution in [-0.4, -0.2) is 6.61 Å². The van der Waals surface area contributed by atoms with E-state index in [9.17, 15) is 0 Å². The van der Waals surface area contributed by atoms with Gasteiger partial charge in [-0.1, -0.05) is 48.0 Å². The number of fused-ring (bicyclic) bond motifs is 1. The molecule has 0 saturated carbocycles. The van der Waals surface area contributed by atoms with Gasteiger partial charge in [-0.25, -0.2) is 0 Å². The molecule has 2 nitrogen and oxygen atoms in total. The van der Waals surface area contributed by atoms with Crippen molar-refractivity contribution in [1.82, 2.24) is 0 Å². The molecule has 3 rings (SSSR count). The van der Waals surface area contributed by atoms with Crippen molar-refractivity contribution in [2.75, 3.05) is 6.61 Å². The summed E-state index contributed by atoms with van der Waals surface area (Å²) >= 11 is 0. The topological polar surface area (TPSA) is 35.2 Å². The first kappa shape index (κ1) is 14.3. The number of nitrogens with two attached hydrogens (primary N) is 1. The maximum atomic E-state index is 6.47. The quantitative estimate of drug-likeness (QED) is 0.922. The van der Waals surface area contributed by atoms with Crippen molar-refractivity contribution >= 4 is 0 Å². The summed E-state index contributed by atoms with van der Waals surface area (Å²) in [5, 5.41) is 0. The van der Waals surface area contributed by atoms with Crippen LogP contribution >= 0.6 is 0 Å². The average molecular weight is 281 g/mol. The highest BCUT2D eigenvalue weighted by Crippen LogP contribution is 2.34. The van der Waals surface area contributed by atoms with Gasteiger partial charge in [0, 0.05) is 6.04 Å². The number of rotatable bonds is 3. The van der Waals surface area contributed by atoms with Crippen molar-refractivity contribution in [3.05, 3.63) is 70.3 Å². The Morgan fingerprint density at radius 1 is 1.19 bits per heavy atom. The summed E-state index contributed by atoms with van der Waals surface area (Å²) in [6.45, 7) is 5.04. The van der Waals surface area contributed by atoms with Crippen LogP contribution < -0.4 is 5.73 Å². The third kappa shape index (κ3) is 3.02. The molecule has 0 saturated heterocycles. The normalized spacial score (nSPS) is 19.1. The van der Waals surface area contributed by atoms with E-state index in [1.54, 1.807) is 0 Å². The Morgan fingerprint density at radius 3 is 2.86 bits per heavy atom.